The molecule has 0 saturated heterocycles. The summed E-state index contributed by atoms with van der Waals surface area (Å²) >= 11 is 1.22. The van der Waals surface area contributed by atoms with Crippen LogP contribution in [0.3, 0.4) is 0 Å². The maximum Gasteiger partial charge on any atom is 0.257 e. The lowest BCUT2D eigenvalue weighted by molar-refractivity contribution is 0.100. The Kier molecular flexibility index (Phi) is 3.80. The maximum atomic E-state index is 12.1. The fraction of sp³-hybridized carbons (Fsp3) is 0.0667. The first-order chi connectivity index (χ1) is 10.6. The van der Waals surface area contributed by atoms with E-state index >= 15 is 0 Å². The molecule has 0 aliphatic carbocycles. The molecular weight excluding hydrogens is 300 g/mol. The minimum absolute atomic E-state index is 0.125. The van der Waals surface area contributed by atoms with E-state index in [-0.39, 0.29) is 11.7 Å². The highest BCUT2D eigenvalue weighted by Crippen LogP contribution is 2.17. The number of carbonyl (C=O) groups is 2. The summed E-state index contributed by atoms with van der Waals surface area (Å²) in [4.78, 5) is 27.4. The van der Waals surface area contributed by atoms with E-state index in [1.54, 1.807) is 28.4 Å². The lowest BCUT2D eigenvalue weighted by Gasteiger charge is -2.04. The van der Waals surface area contributed by atoms with E-state index in [0.29, 0.717) is 16.4 Å². The predicted molar refractivity (Wildman–Crippen MR) is 83.6 cm³/mol. The molecular formula is C15H12N4O2S. The number of aromatic nitrogens is 3. The molecule has 1 aromatic carbocycles. The van der Waals surface area contributed by atoms with Crippen molar-refractivity contribution >= 4 is 28.2 Å². The first-order valence-electron chi connectivity index (χ1n) is 6.51. The van der Waals surface area contributed by atoms with Crippen molar-refractivity contribution in [3.63, 3.8) is 0 Å². The van der Waals surface area contributed by atoms with Gasteiger partial charge < -0.3 is 0 Å². The number of nitrogens with one attached hydrogen (secondary N) is 1. The van der Waals surface area contributed by atoms with Gasteiger partial charge in [0.2, 0.25) is 0 Å². The lowest BCUT2D eigenvalue weighted by atomic mass is 10.2. The van der Waals surface area contributed by atoms with Gasteiger partial charge in [-0.05, 0) is 30.3 Å². The van der Waals surface area contributed by atoms with Crippen molar-refractivity contribution in [3.8, 4) is 5.69 Å². The minimum atomic E-state index is -0.267. The Morgan fingerprint density at radius 2 is 2.00 bits per heavy atom. The molecule has 3 aromatic rings. The van der Waals surface area contributed by atoms with Gasteiger partial charge in [0, 0.05) is 30.3 Å². The normalized spacial score (nSPS) is 10.4. The van der Waals surface area contributed by atoms with Crippen LogP contribution in [0.4, 0.5) is 5.13 Å². The Bertz CT molecular complexity index is 806. The largest absolute Gasteiger partial charge is 0.298 e. The number of benzene rings is 1. The Labute approximate surface area is 130 Å². The Morgan fingerprint density at radius 3 is 2.59 bits per heavy atom. The Hall–Kier alpha value is -2.80. The number of ketones is 1. The number of anilines is 1. The average molecular weight is 312 g/mol. The summed E-state index contributed by atoms with van der Waals surface area (Å²) in [5, 5.41) is 8.84. The third kappa shape index (κ3) is 2.94. The molecule has 2 heterocycles. The standard InChI is InChI=1S/C15H12N4O2S/c1-10(20)13-9-22-15(17-13)18-14(21)11-3-5-12(6-4-11)19-8-2-7-16-19/h2-9H,1H3,(H,17,18,21). The zero-order valence-corrected chi connectivity index (χ0v) is 12.5. The van der Waals surface area contributed by atoms with E-state index in [0.717, 1.165) is 5.69 Å². The van der Waals surface area contributed by atoms with Crippen molar-refractivity contribution < 1.29 is 9.59 Å². The molecule has 0 unspecified atom stereocenters. The number of hydrogen-bond acceptors (Lipinski definition) is 5. The SMILES string of the molecule is CC(=O)c1csc(NC(=O)c2ccc(-n3cccn3)cc2)n1. The Balaban J connectivity index is 1.73. The summed E-state index contributed by atoms with van der Waals surface area (Å²) in [6, 6.07) is 8.88. The molecule has 1 amide bonds. The van der Waals surface area contributed by atoms with E-state index < -0.39 is 0 Å². The van der Waals surface area contributed by atoms with Gasteiger partial charge in [-0.25, -0.2) is 9.67 Å². The number of Topliss-reactive ketones (excluding diaryl/α,β-unsaturated/α-hetero) is 1. The molecule has 0 spiro atoms. The van der Waals surface area contributed by atoms with Crippen molar-refractivity contribution in [1.82, 2.24) is 14.8 Å². The molecule has 7 heteroatoms. The van der Waals surface area contributed by atoms with Gasteiger partial charge in [-0.2, -0.15) is 5.10 Å². The smallest absolute Gasteiger partial charge is 0.257 e. The third-order valence-electron chi connectivity index (χ3n) is 2.98. The van der Waals surface area contributed by atoms with Crippen molar-refractivity contribution in [2.75, 3.05) is 5.32 Å². The minimum Gasteiger partial charge on any atom is -0.298 e. The topological polar surface area (TPSA) is 76.9 Å². The van der Waals surface area contributed by atoms with Crippen molar-refractivity contribution in [2.24, 2.45) is 0 Å². The number of rotatable bonds is 4. The third-order valence-corrected chi connectivity index (χ3v) is 3.74. The Morgan fingerprint density at radius 1 is 1.23 bits per heavy atom. The molecule has 110 valence electrons. The van der Waals surface area contributed by atoms with Crippen LogP contribution in [0.15, 0.2) is 48.1 Å². The van der Waals surface area contributed by atoms with Gasteiger partial charge in [0.1, 0.15) is 5.69 Å². The first kappa shape index (κ1) is 14.2. The van der Waals surface area contributed by atoms with Crippen molar-refractivity contribution in [2.45, 2.75) is 6.92 Å². The van der Waals surface area contributed by atoms with Crippen LogP contribution in [0.25, 0.3) is 5.69 Å². The summed E-state index contributed by atoms with van der Waals surface area (Å²) in [6.45, 7) is 1.44. The van der Waals surface area contributed by atoms with Crippen LogP contribution in [-0.4, -0.2) is 26.5 Å². The number of thiazole rings is 1. The second kappa shape index (κ2) is 5.90. The zero-order chi connectivity index (χ0) is 15.5. The second-order valence-electron chi connectivity index (χ2n) is 4.55. The van der Waals surface area contributed by atoms with E-state index in [2.05, 4.69) is 15.4 Å². The lowest BCUT2D eigenvalue weighted by Crippen LogP contribution is -2.12. The van der Waals surface area contributed by atoms with E-state index in [1.165, 1.54) is 18.3 Å². The van der Waals surface area contributed by atoms with Crippen LogP contribution in [0.1, 0.15) is 27.8 Å². The van der Waals surface area contributed by atoms with Crippen LogP contribution in [-0.2, 0) is 0 Å². The second-order valence-corrected chi connectivity index (χ2v) is 5.40. The molecule has 22 heavy (non-hydrogen) atoms. The van der Waals surface area contributed by atoms with Crippen molar-refractivity contribution in [1.29, 1.82) is 0 Å². The van der Waals surface area contributed by atoms with Gasteiger partial charge in [-0.15, -0.1) is 11.3 Å². The number of carbonyl (C=O) groups excluding carboxylic acids is 2. The quantitative estimate of drug-likeness (QED) is 0.752. The fourth-order valence-electron chi connectivity index (χ4n) is 1.85. The van der Waals surface area contributed by atoms with E-state index in [4.69, 9.17) is 0 Å². The van der Waals surface area contributed by atoms with Gasteiger partial charge in [-0.1, -0.05) is 0 Å². The summed E-state index contributed by atoms with van der Waals surface area (Å²) < 4.78 is 1.71. The summed E-state index contributed by atoms with van der Waals surface area (Å²) in [5.74, 6) is -0.392. The molecule has 0 aliphatic rings. The average Bonchev–Trinajstić information content (AvgIpc) is 3.19. The zero-order valence-electron chi connectivity index (χ0n) is 11.7. The molecule has 0 aliphatic heterocycles. The molecule has 0 bridgehead atoms. The number of amides is 1. The molecule has 6 nitrogen and oxygen atoms in total. The predicted octanol–water partition coefficient (Wildman–Crippen LogP) is 2.78. The summed E-state index contributed by atoms with van der Waals surface area (Å²) in [7, 11) is 0. The highest BCUT2D eigenvalue weighted by Gasteiger charge is 2.11. The first-order valence-corrected chi connectivity index (χ1v) is 7.39. The maximum absolute atomic E-state index is 12.1. The van der Waals surface area contributed by atoms with Gasteiger partial charge in [0.15, 0.2) is 10.9 Å². The highest BCUT2D eigenvalue weighted by atomic mass is 32.1. The number of nitrogens with zero attached hydrogens (tertiary/aromatic N) is 3. The molecule has 0 saturated carbocycles. The van der Waals surface area contributed by atoms with Gasteiger partial charge in [0.05, 0.1) is 5.69 Å². The molecule has 2 aromatic heterocycles. The summed E-state index contributed by atoms with van der Waals surface area (Å²) in [5.41, 5.74) is 1.74. The summed E-state index contributed by atoms with van der Waals surface area (Å²) in [6.07, 6.45) is 3.52. The van der Waals surface area contributed by atoms with Crippen LogP contribution < -0.4 is 5.32 Å². The number of hydrogen-bond donors (Lipinski definition) is 1. The highest BCUT2D eigenvalue weighted by molar-refractivity contribution is 7.14. The molecule has 3 rings (SSSR count). The fourth-order valence-corrected chi connectivity index (χ4v) is 2.59. The van der Waals surface area contributed by atoms with Crippen LogP contribution in [0.5, 0.6) is 0 Å². The van der Waals surface area contributed by atoms with Gasteiger partial charge >= 0.3 is 0 Å². The van der Waals surface area contributed by atoms with Crippen molar-refractivity contribution in [3.05, 3.63) is 59.4 Å². The molecule has 0 radical (unpaired) electrons. The van der Waals surface area contributed by atoms with Gasteiger partial charge in [-0.3, -0.25) is 14.9 Å². The van der Waals surface area contributed by atoms with Crippen LogP contribution in [0.2, 0.25) is 0 Å². The molecule has 1 N–H and O–H groups in total. The van der Waals surface area contributed by atoms with E-state index in [9.17, 15) is 9.59 Å². The van der Waals surface area contributed by atoms with E-state index in [1.807, 2.05) is 24.4 Å². The van der Waals surface area contributed by atoms with Gasteiger partial charge in [0.25, 0.3) is 5.91 Å². The molecule has 0 fully saturated rings. The molecule has 0 atom stereocenters. The van der Waals surface area contributed by atoms with Crippen LogP contribution >= 0.6 is 11.3 Å². The van der Waals surface area contributed by atoms with Crippen LogP contribution in [0, 0.1) is 0 Å². The monoisotopic (exact) mass is 312 g/mol.